The SMILES string of the molecule is CNCC1CNCCC1O. The van der Waals surface area contributed by atoms with Gasteiger partial charge in [-0.3, -0.25) is 0 Å². The highest BCUT2D eigenvalue weighted by Crippen LogP contribution is 2.09. The van der Waals surface area contributed by atoms with Gasteiger partial charge in [0.1, 0.15) is 0 Å². The van der Waals surface area contributed by atoms with Gasteiger partial charge in [0.05, 0.1) is 6.10 Å². The van der Waals surface area contributed by atoms with Crippen LogP contribution in [0.4, 0.5) is 0 Å². The molecule has 3 nitrogen and oxygen atoms in total. The van der Waals surface area contributed by atoms with Gasteiger partial charge in [-0.15, -0.1) is 0 Å². The van der Waals surface area contributed by atoms with Crippen LogP contribution < -0.4 is 10.6 Å². The Hall–Kier alpha value is -0.120. The van der Waals surface area contributed by atoms with Crippen molar-refractivity contribution in [3.8, 4) is 0 Å². The summed E-state index contributed by atoms with van der Waals surface area (Å²) in [5.41, 5.74) is 0. The first kappa shape index (κ1) is 7.98. The second-order valence-electron chi connectivity index (χ2n) is 2.88. The van der Waals surface area contributed by atoms with E-state index in [4.69, 9.17) is 0 Å². The van der Waals surface area contributed by atoms with Gasteiger partial charge in [-0.05, 0) is 20.0 Å². The van der Waals surface area contributed by atoms with E-state index in [1.165, 1.54) is 0 Å². The smallest absolute Gasteiger partial charge is 0.0604 e. The molecule has 0 radical (unpaired) electrons. The van der Waals surface area contributed by atoms with Gasteiger partial charge in [-0.2, -0.15) is 0 Å². The standard InChI is InChI=1S/C7H16N2O/c1-8-4-6-5-9-3-2-7(6)10/h6-10H,2-5H2,1H3. The van der Waals surface area contributed by atoms with E-state index in [9.17, 15) is 5.11 Å². The molecule has 1 fully saturated rings. The van der Waals surface area contributed by atoms with E-state index >= 15 is 0 Å². The zero-order chi connectivity index (χ0) is 7.40. The van der Waals surface area contributed by atoms with E-state index in [2.05, 4.69) is 10.6 Å². The minimum Gasteiger partial charge on any atom is -0.393 e. The van der Waals surface area contributed by atoms with Gasteiger partial charge in [0, 0.05) is 19.0 Å². The molecule has 1 saturated heterocycles. The van der Waals surface area contributed by atoms with Crippen molar-refractivity contribution < 1.29 is 5.11 Å². The number of piperidine rings is 1. The summed E-state index contributed by atoms with van der Waals surface area (Å²) in [6.07, 6.45) is 0.792. The van der Waals surface area contributed by atoms with E-state index in [1.807, 2.05) is 7.05 Å². The van der Waals surface area contributed by atoms with Gasteiger partial charge in [0.25, 0.3) is 0 Å². The minimum absolute atomic E-state index is 0.103. The molecule has 0 spiro atoms. The summed E-state index contributed by atoms with van der Waals surface area (Å²) in [5, 5.41) is 15.7. The second-order valence-corrected chi connectivity index (χ2v) is 2.88. The summed E-state index contributed by atoms with van der Waals surface area (Å²) in [6, 6.07) is 0. The molecule has 1 aliphatic heterocycles. The van der Waals surface area contributed by atoms with E-state index in [1.54, 1.807) is 0 Å². The third kappa shape index (κ3) is 1.94. The number of hydrogen-bond donors (Lipinski definition) is 3. The van der Waals surface area contributed by atoms with Crippen molar-refractivity contribution in [2.75, 3.05) is 26.7 Å². The molecule has 0 aromatic carbocycles. The molecule has 0 amide bonds. The lowest BCUT2D eigenvalue weighted by atomic mass is 9.96. The molecule has 0 saturated carbocycles. The number of nitrogens with one attached hydrogen (secondary N) is 2. The lowest BCUT2D eigenvalue weighted by Gasteiger charge is -2.27. The molecule has 1 rings (SSSR count). The normalized spacial score (nSPS) is 34.2. The van der Waals surface area contributed by atoms with Gasteiger partial charge in [-0.1, -0.05) is 0 Å². The Bertz CT molecular complexity index is 95.6. The van der Waals surface area contributed by atoms with Crippen LogP contribution in [0.25, 0.3) is 0 Å². The summed E-state index contributed by atoms with van der Waals surface area (Å²) in [4.78, 5) is 0. The number of rotatable bonds is 2. The summed E-state index contributed by atoms with van der Waals surface area (Å²) in [7, 11) is 1.92. The Morgan fingerprint density at radius 2 is 2.50 bits per heavy atom. The Morgan fingerprint density at radius 3 is 3.10 bits per heavy atom. The molecule has 0 aromatic heterocycles. The summed E-state index contributed by atoms with van der Waals surface area (Å²) >= 11 is 0. The molecule has 3 heteroatoms. The third-order valence-corrected chi connectivity index (χ3v) is 2.03. The average molecular weight is 144 g/mol. The van der Waals surface area contributed by atoms with Crippen LogP contribution in [0.3, 0.4) is 0 Å². The highest BCUT2D eigenvalue weighted by Gasteiger charge is 2.21. The Kier molecular flexibility index (Phi) is 3.12. The highest BCUT2D eigenvalue weighted by molar-refractivity contribution is 4.78. The van der Waals surface area contributed by atoms with Gasteiger partial charge < -0.3 is 15.7 Å². The molecule has 1 aliphatic rings. The molecule has 2 atom stereocenters. The van der Waals surface area contributed by atoms with Crippen molar-refractivity contribution in [3.63, 3.8) is 0 Å². The zero-order valence-electron chi connectivity index (χ0n) is 6.43. The molecule has 0 bridgehead atoms. The Labute approximate surface area is 61.8 Å². The monoisotopic (exact) mass is 144 g/mol. The molecule has 10 heavy (non-hydrogen) atoms. The van der Waals surface area contributed by atoms with Crippen molar-refractivity contribution in [1.82, 2.24) is 10.6 Å². The van der Waals surface area contributed by atoms with Crippen LogP contribution in [0.2, 0.25) is 0 Å². The van der Waals surface area contributed by atoms with Crippen molar-refractivity contribution in [3.05, 3.63) is 0 Å². The molecular formula is C7H16N2O. The summed E-state index contributed by atoms with van der Waals surface area (Å²) in [5.74, 6) is 0.402. The highest BCUT2D eigenvalue weighted by atomic mass is 16.3. The maximum Gasteiger partial charge on any atom is 0.0604 e. The number of aliphatic hydroxyl groups is 1. The van der Waals surface area contributed by atoms with E-state index in [0.717, 1.165) is 26.1 Å². The molecule has 1 heterocycles. The van der Waals surface area contributed by atoms with Crippen molar-refractivity contribution >= 4 is 0 Å². The molecule has 60 valence electrons. The van der Waals surface area contributed by atoms with E-state index < -0.39 is 0 Å². The van der Waals surface area contributed by atoms with E-state index in [0.29, 0.717) is 5.92 Å². The first-order valence-corrected chi connectivity index (χ1v) is 3.88. The lowest BCUT2D eigenvalue weighted by Crippen LogP contribution is -2.44. The van der Waals surface area contributed by atoms with Crippen LogP contribution in [-0.4, -0.2) is 37.9 Å². The summed E-state index contributed by atoms with van der Waals surface area (Å²) in [6.45, 7) is 2.82. The first-order chi connectivity index (χ1) is 4.84. The predicted octanol–water partition coefficient (Wildman–Crippen LogP) is -0.824. The maximum absolute atomic E-state index is 9.42. The quantitative estimate of drug-likeness (QED) is 0.474. The molecule has 2 unspecified atom stereocenters. The number of aliphatic hydroxyl groups excluding tert-OH is 1. The summed E-state index contributed by atoms with van der Waals surface area (Å²) < 4.78 is 0. The Morgan fingerprint density at radius 1 is 1.70 bits per heavy atom. The fourth-order valence-corrected chi connectivity index (χ4v) is 1.38. The Balaban J connectivity index is 2.25. The molecule has 0 aliphatic carbocycles. The van der Waals surface area contributed by atoms with Crippen molar-refractivity contribution in [1.29, 1.82) is 0 Å². The van der Waals surface area contributed by atoms with Gasteiger partial charge >= 0.3 is 0 Å². The molecular weight excluding hydrogens is 128 g/mol. The van der Waals surface area contributed by atoms with Crippen LogP contribution in [0, 0.1) is 5.92 Å². The largest absolute Gasteiger partial charge is 0.393 e. The average Bonchev–Trinajstić information content (AvgIpc) is 1.94. The first-order valence-electron chi connectivity index (χ1n) is 3.88. The topological polar surface area (TPSA) is 44.3 Å². The van der Waals surface area contributed by atoms with Gasteiger partial charge in [-0.25, -0.2) is 0 Å². The third-order valence-electron chi connectivity index (χ3n) is 2.03. The molecule has 0 aromatic rings. The van der Waals surface area contributed by atoms with Crippen molar-refractivity contribution in [2.45, 2.75) is 12.5 Å². The van der Waals surface area contributed by atoms with E-state index in [-0.39, 0.29) is 6.10 Å². The second kappa shape index (κ2) is 3.91. The predicted molar refractivity (Wildman–Crippen MR) is 40.9 cm³/mol. The maximum atomic E-state index is 9.42. The lowest BCUT2D eigenvalue weighted by molar-refractivity contribution is 0.0797. The van der Waals surface area contributed by atoms with Gasteiger partial charge in [0.2, 0.25) is 0 Å². The minimum atomic E-state index is -0.103. The van der Waals surface area contributed by atoms with Crippen LogP contribution in [0.1, 0.15) is 6.42 Å². The van der Waals surface area contributed by atoms with Crippen LogP contribution in [-0.2, 0) is 0 Å². The van der Waals surface area contributed by atoms with Crippen molar-refractivity contribution in [2.24, 2.45) is 5.92 Å². The fraction of sp³-hybridized carbons (Fsp3) is 1.00. The van der Waals surface area contributed by atoms with Crippen LogP contribution in [0.15, 0.2) is 0 Å². The number of hydrogen-bond acceptors (Lipinski definition) is 3. The fourth-order valence-electron chi connectivity index (χ4n) is 1.38. The van der Waals surface area contributed by atoms with Crippen LogP contribution in [0.5, 0.6) is 0 Å². The molecule has 3 N–H and O–H groups in total. The van der Waals surface area contributed by atoms with Crippen LogP contribution >= 0.6 is 0 Å². The zero-order valence-corrected chi connectivity index (χ0v) is 6.43. The van der Waals surface area contributed by atoms with Gasteiger partial charge in [0.15, 0.2) is 0 Å².